The number of hydrogen-bond donors (Lipinski definition) is 0. The summed E-state index contributed by atoms with van der Waals surface area (Å²) in [6, 6.07) is 0. The van der Waals surface area contributed by atoms with Gasteiger partial charge in [0.25, 0.3) is 0 Å². The topological polar surface area (TPSA) is 52.6 Å². The van der Waals surface area contributed by atoms with Crippen molar-refractivity contribution in [3.63, 3.8) is 0 Å². The summed E-state index contributed by atoms with van der Waals surface area (Å²) in [6.07, 6.45) is 3.77. The summed E-state index contributed by atoms with van der Waals surface area (Å²) in [5.41, 5.74) is 0. The molecule has 1 heterocycles. The number of rotatable bonds is 2. The molecule has 4 atom stereocenters. The zero-order valence-corrected chi connectivity index (χ0v) is 9.51. The number of carbonyl (C=O) groups excluding carboxylic acids is 2. The fraction of sp³-hybridized carbons (Fsp3) is 0.667. The average Bonchev–Trinajstić information content (AvgIpc) is 2.60. The van der Waals surface area contributed by atoms with Crippen LogP contribution >= 0.6 is 0 Å². The van der Waals surface area contributed by atoms with Crippen LogP contribution in [0.2, 0.25) is 0 Å². The number of fused-ring (bicyclic) bond motifs is 1. The minimum absolute atomic E-state index is 0.0495. The fourth-order valence-corrected chi connectivity index (χ4v) is 2.53. The molecule has 2 aliphatic rings. The van der Waals surface area contributed by atoms with Gasteiger partial charge in [0.2, 0.25) is 0 Å². The first-order valence-electron chi connectivity index (χ1n) is 5.66. The van der Waals surface area contributed by atoms with Crippen LogP contribution in [0.3, 0.4) is 0 Å². The number of esters is 2. The SMILES string of the molecule is CCOC(=O)[C@@H]1[C@H]2COC(=O)[C@H]2C=C[C@@H]1C. The van der Waals surface area contributed by atoms with E-state index in [0.717, 1.165) is 0 Å². The second-order valence-electron chi connectivity index (χ2n) is 4.34. The molecule has 1 saturated heterocycles. The average molecular weight is 224 g/mol. The monoisotopic (exact) mass is 224 g/mol. The van der Waals surface area contributed by atoms with Gasteiger partial charge in [0, 0.05) is 5.92 Å². The zero-order valence-electron chi connectivity index (χ0n) is 9.51. The predicted molar refractivity (Wildman–Crippen MR) is 56.4 cm³/mol. The van der Waals surface area contributed by atoms with E-state index in [1.165, 1.54) is 0 Å². The van der Waals surface area contributed by atoms with Crippen LogP contribution in [0.25, 0.3) is 0 Å². The smallest absolute Gasteiger partial charge is 0.313 e. The summed E-state index contributed by atoms with van der Waals surface area (Å²) < 4.78 is 10.1. The Hall–Kier alpha value is -1.32. The lowest BCUT2D eigenvalue weighted by molar-refractivity contribution is -0.152. The van der Waals surface area contributed by atoms with Crippen molar-refractivity contribution in [1.82, 2.24) is 0 Å². The van der Waals surface area contributed by atoms with Crippen LogP contribution in [-0.2, 0) is 19.1 Å². The van der Waals surface area contributed by atoms with Crippen LogP contribution in [0.5, 0.6) is 0 Å². The van der Waals surface area contributed by atoms with E-state index in [9.17, 15) is 9.59 Å². The molecule has 1 aliphatic carbocycles. The van der Waals surface area contributed by atoms with E-state index in [4.69, 9.17) is 9.47 Å². The highest BCUT2D eigenvalue weighted by Gasteiger charge is 2.47. The van der Waals surface area contributed by atoms with Crippen molar-refractivity contribution in [2.75, 3.05) is 13.2 Å². The fourth-order valence-electron chi connectivity index (χ4n) is 2.53. The zero-order chi connectivity index (χ0) is 11.7. The van der Waals surface area contributed by atoms with Crippen molar-refractivity contribution >= 4 is 11.9 Å². The second-order valence-corrected chi connectivity index (χ2v) is 4.34. The highest BCUT2D eigenvalue weighted by molar-refractivity contribution is 5.81. The first kappa shape index (κ1) is 11.2. The first-order valence-corrected chi connectivity index (χ1v) is 5.66. The molecule has 2 rings (SSSR count). The van der Waals surface area contributed by atoms with E-state index in [-0.39, 0.29) is 35.6 Å². The largest absolute Gasteiger partial charge is 0.466 e. The molecule has 0 saturated carbocycles. The van der Waals surface area contributed by atoms with Crippen LogP contribution in [0, 0.1) is 23.7 Å². The Balaban J connectivity index is 2.20. The molecule has 0 aromatic heterocycles. The van der Waals surface area contributed by atoms with Gasteiger partial charge in [-0.3, -0.25) is 9.59 Å². The van der Waals surface area contributed by atoms with Crippen molar-refractivity contribution < 1.29 is 19.1 Å². The maximum Gasteiger partial charge on any atom is 0.313 e. The maximum absolute atomic E-state index is 11.8. The minimum Gasteiger partial charge on any atom is -0.466 e. The molecule has 0 unspecified atom stereocenters. The van der Waals surface area contributed by atoms with Crippen LogP contribution in [0.15, 0.2) is 12.2 Å². The van der Waals surface area contributed by atoms with E-state index in [2.05, 4.69) is 0 Å². The molecule has 88 valence electrons. The molecule has 1 fully saturated rings. The van der Waals surface area contributed by atoms with Crippen molar-refractivity contribution in [3.8, 4) is 0 Å². The third-order valence-corrected chi connectivity index (χ3v) is 3.36. The van der Waals surface area contributed by atoms with Crippen LogP contribution in [-0.4, -0.2) is 25.2 Å². The summed E-state index contributed by atoms with van der Waals surface area (Å²) >= 11 is 0. The number of carbonyl (C=O) groups is 2. The Morgan fingerprint density at radius 2 is 2.31 bits per heavy atom. The lowest BCUT2D eigenvalue weighted by Gasteiger charge is -2.29. The van der Waals surface area contributed by atoms with Crippen molar-refractivity contribution in [2.24, 2.45) is 23.7 Å². The molecule has 0 aromatic rings. The number of cyclic esters (lactones) is 1. The molecule has 16 heavy (non-hydrogen) atoms. The van der Waals surface area contributed by atoms with E-state index in [1.807, 2.05) is 19.1 Å². The van der Waals surface area contributed by atoms with Gasteiger partial charge < -0.3 is 9.47 Å². The Labute approximate surface area is 94.6 Å². The van der Waals surface area contributed by atoms with Gasteiger partial charge >= 0.3 is 11.9 Å². The second kappa shape index (κ2) is 4.28. The Bertz CT molecular complexity index is 334. The van der Waals surface area contributed by atoms with Gasteiger partial charge in [-0.15, -0.1) is 0 Å². The first-order chi connectivity index (χ1) is 7.65. The lowest BCUT2D eigenvalue weighted by atomic mass is 9.72. The molecule has 0 amide bonds. The molecule has 1 aliphatic heterocycles. The van der Waals surface area contributed by atoms with E-state index in [0.29, 0.717) is 13.2 Å². The minimum atomic E-state index is -0.259. The van der Waals surface area contributed by atoms with E-state index < -0.39 is 0 Å². The molecule has 0 N–H and O–H groups in total. The van der Waals surface area contributed by atoms with E-state index in [1.54, 1.807) is 6.92 Å². The Kier molecular flexibility index (Phi) is 2.99. The van der Waals surface area contributed by atoms with Crippen molar-refractivity contribution in [2.45, 2.75) is 13.8 Å². The van der Waals surface area contributed by atoms with Gasteiger partial charge in [-0.2, -0.15) is 0 Å². The van der Waals surface area contributed by atoms with Gasteiger partial charge in [-0.25, -0.2) is 0 Å². The molecule has 4 nitrogen and oxygen atoms in total. The number of allylic oxidation sites excluding steroid dienone is 1. The summed E-state index contributed by atoms with van der Waals surface area (Å²) in [7, 11) is 0. The summed E-state index contributed by atoms with van der Waals surface area (Å²) in [5.74, 6) is -0.886. The van der Waals surface area contributed by atoms with Gasteiger partial charge in [-0.1, -0.05) is 19.1 Å². The Morgan fingerprint density at radius 1 is 1.56 bits per heavy atom. The van der Waals surface area contributed by atoms with Gasteiger partial charge in [0.05, 0.1) is 25.0 Å². The molecule has 4 heteroatoms. The molecule has 0 radical (unpaired) electrons. The molecular formula is C12H16O4. The standard InChI is InChI=1S/C12H16O4/c1-3-15-12(14)10-7(2)4-5-8-9(10)6-16-11(8)13/h4-5,7-10H,3,6H2,1-2H3/t7-,8-,9-,10-/m0/s1. The normalized spacial score (nSPS) is 36.8. The van der Waals surface area contributed by atoms with Crippen molar-refractivity contribution in [3.05, 3.63) is 12.2 Å². The van der Waals surface area contributed by atoms with Crippen LogP contribution in [0.4, 0.5) is 0 Å². The quantitative estimate of drug-likeness (QED) is 0.521. The highest BCUT2D eigenvalue weighted by atomic mass is 16.5. The maximum atomic E-state index is 11.8. The van der Waals surface area contributed by atoms with Crippen molar-refractivity contribution in [1.29, 1.82) is 0 Å². The summed E-state index contributed by atoms with van der Waals surface area (Å²) in [4.78, 5) is 23.3. The van der Waals surface area contributed by atoms with Crippen LogP contribution < -0.4 is 0 Å². The Morgan fingerprint density at radius 3 is 3.00 bits per heavy atom. The number of hydrogen-bond acceptors (Lipinski definition) is 4. The third kappa shape index (κ3) is 1.72. The van der Waals surface area contributed by atoms with Crippen LogP contribution in [0.1, 0.15) is 13.8 Å². The lowest BCUT2D eigenvalue weighted by Crippen LogP contribution is -2.37. The third-order valence-electron chi connectivity index (χ3n) is 3.36. The summed E-state index contributed by atoms with van der Waals surface area (Å²) in [6.45, 7) is 4.46. The molecule has 0 spiro atoms. The van der Waals surface area contributed by atoms with Gasteiger partial charge in [0.15, 0.2) is 0 Å². The van der Waals surface area contributed by atoms with Gasteiger partial charge in [0.1, 0.15) is 0 Å². The summed E-state index contributed by atoms with van der Waals surface area (Å²) in [5, 5.41) is 0. The molecule has 0 aromatic carbocycles. The van der Waals surface area contributed by atoms with E-state index >= 15 is 0 Å². The molecular weight excluding hydrogens is 208 g/mol. The highest BCUT2D eigenvalue weighted by Crippen LogP contribution is 2.39. The number of ether oxygens (including phenoxy) is 2. The van der Waals surface area contributed by atoms with Gasteiger partial charge in [-0.05, 0) is 12.8 Å². The molecule has 0 bridgehead atoms. The predicted octanol–water partition coefficient (Wildman–Crippen LogP) is 1.16.